The van der Waals surface area contributed by atoms with E-state index in [1.165, 1.54) is 0 Å². The largest absolute Gasteiger partial charge is 0.389 e. The molecule has 31 heavy (non-hydrogen) atoms. The van der Waals surface area contributed by atoms with Crippen LogP contribution in [0.4, 0.5) is 23.7 Å². The molecule has 0 unspecified atom stereocenters. The number of imidazole rings is 1. The number of para-hydroxylation sites is 2. The number of rotatable bonds is 3. The van der Waals surface area contributed by atoms with Gasteiger partial charge in [0.25, 0.3) is 0 Å². The van der Waals surface area contributed by atoms with Crippen molar-refractivity contribution in [2.75, 3.05) is 18.0 Å². The molecule has 0 atom stereocenters. The monoisotopic (exact) mass is 432 g/mol. The van der Waals surface area contributed by atoms with Crippen molar-refractivity contribution in [1.82, 2.24) is 24.6 Å². The van der Waals surface area contributed by atoms with Gasteiger partial charge in [-0.15, -0.1) is 0 Å². The number of amides is 2. The fourth-order valence-electron chi connectivity index (χ4n) is 4.00. The van der Waals surface area contributed by atoms with Crippen LogP contribution in [0, 0.1) is 0 Å². The van der Waals surface area contributed by atoms with Crippen molar-refractivity contribution in [1.29, 1.82) is 0 Å². The van der Waals surface area contributed by atoms with E-state index in [2.05, 4.69) is 15.1 Å². The van der Waals surface area contributed by atoms with E-state index >= 15 is 0 Å². The molecular formula is C20H19F3N6O2. The Morgan fingerprint density at radius 3 is 2.61 bits per heavy atom. The van der Waals surface area contributed by atoms with Crippen molar-refractivity contribution in [3.05, 3.63) is 42.2 Å². The van der Waals surface area contributed by atoms with E-state index in [1.807, 2.05) is 33.7 Å². The van der Waals surface area contributed by atoms with Crippen molar-refractivity contribution >= 4 is 11.7 Å². The summed E-state index contributed by atoms with van der Waals surface area (Å²) in [5.41, 5.74) is 2.62. The van der Waals surface area contributed by atoms with E-state index < -0.39 is 19.0 Å². The molecule has 0 bridgehead atoms. The van der Waals surface area contributed by atoms with Gasteiger partial charge < -0.3 is 9.42 Å². The zero-order valence-corrected chi connectivity index (χ0v) is 16.5. The summed E-state index contributed by atoms with van der Waals surface area (Å²) in [5, 5.41) is 3.83. The van der Waals surface area contributed by atoms with Crippen LogP contribution < -0.4 is 4.90 Å². The average molecular weight is 432 g/mol. The van der Waals surface area contributed by atoms with Gasteiger partial charge in [0.05, 0.1) is 30.0 Å². The lowest BCUT2D eigenvalue weighted by molar-refractivity contribution is -0.134. The summed E-state index contributed by atoms with van der Waals surface area (Å²) in [4.78, 5) is 25.2. The van der Waals surface area contributed by atoms with Gasteiger partial charge in [0, 0.05) is 19.5 Å². The maximum absolute atomic E-state index is 13.2. The van der Waals surface area contributed by atoms with Crippen LogP contribution in [0.1, 0.15) is 30.8 Å². The van der Waals surface area contributed by atoms with Gasteiger partial charge in [-0.2, -0.15) is 18.2 Å². The third-order valence-corrected chi connectivity index (χ3v) is 5.52. The minimum Gasteiger partial charge on any atom is -0.339 e. The maximum Gasteiger partial charge on any atom is 0.389 e. The van der Waals surface area contributed by atoms with Gasteiger partial charge in [0.1, 0.15) is 12.0 Å². The van der Waals surface area contributed by atoms with Crippen LogP contribution in [0.15, 0.2) is 35.1 Å². The van der Waals surface area contributed by atoms with Crippen molar-refractivity contribution < 1.29 is 22.5 Å². The molecule has 4 heterocycles. The molecule has 0 aliphatic carbocycles. The minimum absolute atomic E-state index is 0.0812. The first-order valence-electron chi connectivity index (χ1n) is 10.0. The van der Waals surface area contributed by atoms with E-state index in [0.717, 1.165) is 37.3 Å². The molecule has 0 N–H and O–H groups in total. The zero-order chi connectivity index (χ0) is 21.6. The first-order valence-corrected chi connectivity index (χ1v) is 10.0. The third-order valence-electron chi connectivity index (χ3n) is 5.52. The number of anilines is 1. The lowest BCUT2D eigenvalue weighted by Gasteiger charge is -2.33. The predicted octanol–water partition coefficient (Wildman–Crippen LogP) is 3.95. The van der Waals surface area contributed by atoms with Crippen LogP contribution in [-0.2, 0) is 13.0 Å². The van der Waals surface area contributed by atoms with Crippen LogP contribution in [0.25, 0.3) is 17.2 Å². The van der Waals surface area contributed by atoms with Crippen molar-refractivity contribution in [3.8, 4) is 17.2 Å². The summed E-state index contributed by atoms with van der Waals surface area (Å²) in [5.74, 6) is 0.00848. The number of aryl methyl sites for hydroxylation is 1. The maximum atomic E-state index is 13.2. The number of likely N-dealkylation sites (tertiary alicyclic amines) is 1. The number of hydrogen-bond donors (Lipinski definition) is 0. The third kappa shape index (κ3) is 3.64. The summed E-state index contributed by atoms with van der Waals surface area (Å²) in [6, 6.07) is 7.43. The number of hydrogen-bond acceptors (Lipinski definition) is 5. The van der Waals surface area contributed by atoms with Gasteiger partial charge in [-0.1, -0.05) is 17.3 Å². The molecule has 162 valence electrons. The second kappa shape index (κ2) is 7.40. The second-order valence-electron chi connectivity index (χ2n) is 7.59. The number of carbonyl (C=O) groups excluding carboxylic acids is 1. The van der Waals surface area contributed by atoms with E-state index in [-0.39, 0.29) is 24.3 Å². The molecule has 2 aliphatic rings. The number of benzene rings is 1. The lowest BCUT2D eigenvalue weighted by atomic mass is 10.1. The number of urea groups is 1. The van der Waals surface area contributed by atoms with Gasteiger partial charge in [-0.05, 0) is 25.0 Å². The summed E-state index contributed by atoms with van der Waals surface area (Å²) < 4.78 is 44.3. The zero-order valence-electron chi connectivity index (χ0n) is 16.5. The quantitative estimate of drug-likeness (QED) is 0.626. The Hall–Kier alpha value is -3.37. The molecule has 1 fully saturated rings. The first-order chi connectivity index (χ1) is 14.9. The Labute approximate surface area is 175 Å². The Bertz CT molecular complexity index is 1120. The molecular weight excluding hydrogens is 413 g/mol. The van der Waals surface area contributed by atoms with E-state index in [1.54, 1.807) is 11.2 Å². The SMILES string of the molecule is O=C(N1CCCC1)N1Cc2c(-c3noc(CCC(F)(F)F)n3)ncn2-c2ccccc21. The number of aromatic nitrogens is 4. The molecule has 8 nitrogen and oxygen atoms in total. The number of halogens is 3. The van der Waals surface area contributed by atoms with E-state index in [9.17, 15) is 18.0 Å². The molecule has 0 spiro atoms. The Morgan fingerprint density at radius 2 is 1.87 bits per heavy atom. The van der Waals surface area contributed by atoms with Gasteiger partial charge >= 0.3 is 12.2 Å². The molecule has 5 rings (SSSR count). The number of fused-ring (bicyclic) bond motifs is 3. The molecule has 11 heteroatoms. The number of alkyl halides is 3. The molecule has 1 aromatic carbocycles. The van der Waals surface area contributed by atoms with Gasteiger partial charge in [0.15, 0.2) is 0 Å². The normalized spacial score (nSPS) is 15.8. The smallest absolute Gasteiger partial charge is 0.339 e. The van der Waals surface area contributed by atoms with E-state index in [0.29, 0.717) is 11.4 Å². The molecule has 2 amide bonds. The molecule has 1 saturated heterocycles. The summed E-state index contributed by atoms with van der Waals surface area (Å²) in [7, 11) is 0. The first kappa shape index (κ1) is 19.6. The highest BCUT2D eigenvalue weighted by Gasteiger charge is 2.34. The highest BCUT2D eigenvalue weighted by molar-refractivity contribution is 5.95. The van der Waals surface area contributed by atoms with Crippen molar-refractivity contribution in [2.24, 2.45) is 0 Å². The summed E-state index contributed by atoms with van der Waals surface area (Å²) in [6.45, 7) is 1.68. The van der Waals surface area contributed by atoms with Crippen LogP contribution in [0.2, 0.25) is 0 Å². The Morgan fingerprint density at radius 1 is 1.13 bits per heavy atom. The second-order valence-corrected chi connectivity index (χ2v) is 7.59. The Kier molecular flexibility index (Phi) is 4.67. The van der Waals surface area contributed by atoms with Crippen molar-refractivity contribution in [2.45, 2.75) is 38.4 Å². The molecule has 2 aliphatic heterocycles. The summed E-state index contributed by atoms with van der Waals surface area (Å²) >= 11 is 0. The molecule has 0 saturated carbocycles. The summed E-state index contributed by atoms with van der Waals surface area (Å²) in [6.07, 6.45) is -2.17. The topological polar surface area (TPSA) is 80.3 Å². The minimum atomic E-state index is -4.30. The molecule has 2 aromatic heterocycles. The fourth-order valence-corrected chi connectivity index (χ4v) is 4.00. The van der Waals surface area contributed by atoms with Crippen LogP contribution in [0.5, 0.6) is 0 Å². The molecule has 0 radical (unpaired) electrons. The van der Waals surface area contributed by atoms with E-state index in [4.69, 9.17) is 4.52 Å². The lowest BCUT2D eigenvalue weighted by Crippen LogP contribution is -2.43. The Balaban J connectivity index is 1.48. The fraction of sp³-hybridized carbons (Fsp3) is 0.400. The van der Waals surface area contributed by atoms with Gasteiger partial charge in [-0.25, -0.2) is 9.78 Å². The standard InChI is InChI=1S/C20H19F3N6O2/c21-20(22,23)8-7-16-25-18(26-31-16)17-15-11-28(19(30)27-9-3-4-10-27)13-5-1-2-6-14(13)29(15)12-24-17/h1-2,5-6,12H,3-4,7-11H2. The number of carbonyl (C=O) groups is 1. The van der Waals surface area contributed by atoms with Crippen LogP contribution in [-0.4, -0.2) is 49.9 Å². The van der Waals surface area contributed by atoms with Gasteiger partial charge in [0.2, 0.25) is 11.7 Å². The van der Waals surface area contributed by atoms with Crippen molar-refractivity contribution in [3.63, 3.8) is 0 Å². The predicted molar refractivity (Wildman–Crippen MR) is 104 cm³/mol. The van der Waals surface area contributed by atoms with Gasteiger partial charge in [-0.3, -0.25) is 9.47 Å². The molecule has 3 aromatic rings. The van der Waals surface area contributed by atoms with Crippen LogP contribution in [0.3, 0.4) is 0 Å². The average Bonchev–Trinajstić information content (AvgIpc) is 3.51. The van der Waals surface area contributed by atoms with Crippen LogP contribution >= 0.6 is 0 Å². The highest BCUT2D eigenvalue weighted by Crippen LogP contribution is 2.36. The highest BCUT2D eigenvalue weighted by atomic mass is 19.4. The number of nitrogens with zero attached hydrogens (tertiary/aromatic N) is 6.